The predicted molar refractivity (Wildman–Crippen MR) is 71.3 cm³/mol. The van der Waals surface area contributed by atoms with Crippen molar-refractivity contribution in [3.05, 3.63) is 0 Å². The first-order valence-corrected chi connectivity index (χ1v) is 7.12. The fourth-order valence-electron chi connectivity index (χ4n) is 2.01. The van der Waals surface area contributed by atoms with Crippen LogP contribution < -0.4 is 11.1 Å². The van der Waals surface area contributed by atoms with Crippen LogP contribution in [0, 0.1) is 0 Å². The number of hydrogen-bond acceptors (Lipinski definition) is 5. The van der Waals surface area contributed by atoms with E-state index in [1.165, 1.54) is 11.8 Å². The van der Waals surface area contributed by atoms with Crippen LogP contribution in [0.25, 0.3) is 0 Å². The molecule has 100 valence electrons. The lowest BCUT2D eigenvalue weighted by molar-refractivity contribution is -0.120. The van der Waals surface area contributed by atoms with Crippen molar-refractivity contribution < 1.29 is 4.79 Å². The van der Waals surface area contributed by atoms with Crippen molar-refractivity contribution in [2.75, 3.05) is 12.3 Å². The van der Waals surface area contributed by atoms with E-state index in [9.17, 15) is 4.79 Å². The number of hydrogen-bond donors (Lipinski definition) is 2. The second-order valence-corrected chi connectivity index (χ2v) is 5.87. The number of amides is 1. The Labute approximate surface area is 111 Å². The van der Waals surface area contributed by atoms with Crippen LogP contribution in [0.15, 0.2) is 5.16 Å². The van der Waals surface area contributed by atoms with Crippen LogP contribution in [0.3, 0.4) is 0 Å². The van der Waals surface area contributed by atoms with Gasteiger partial charge in [-0.3, -0.25) is 9.36 Å². The van der Waals surface area contributed by atoms with E-state index in [0.717, 1.165) is 31.0 Å². The fourth-order valence-corrected chi connectivity index (χ4v) is 3.24. The first-order valence-electron chi connectivity index (χ1n) is 6.24. The van der Waals surface area contributed by atoms with Crippen LogP contribution in [-0.4, -0.2) is 32.5 Å². The van der Waals surface area contributed by atoms with Crippen molar-refractivity contribution in [2.45, 2.75) is 49.6 Å². The molecule has 6 nitrogen and oxygen atoms in total. The van der Waals surface area contributed by atoms with E-state index in [1.807, 2.05) is 18.4 Å². The summed E-state index contributed by atoms with van der Waals surface area (Å²) in [6.07, 6.45) is 2.98. The van der Waals surface area contributed by atoms with Crippen molar-refractivity contribution in [3.8, 4) is 0 Å². The molecule has 0 radical (unpaired) electrons. The molecule has 1 aliphatic rings. The highest BCUT2D eigenvalue weighted by Crippen LogP contribution is 2.29. The summed E-state index contributed by atoms with van der Waals surface area (Å²) in [7, 11) is 0. The number of nitrogens with two attached hydrogens (primary N) is 1. The predicted octanol–water partition coefficient (Wildman–Crippen LogP) is 1.20. The number of rotatable bonds is 3. The third kappa shape index (κ3) is 2.77. The van der Waals surface area contributed by atoms with E-state index in [4.69, 9.17) is 5.73 Å². The van der Waals surface area contributed by atoms with Crippen molar-refractivity contribution in [1.82, 2.24) is 20.1 Å². The Hall–Kier alpha value is -1.24. The molecule has 2 rings (SSSR count). The minimum absolute atomic E-state index is 0.0893. The Morgan fingerprint density at radius 1 is 1.44 bits per heavy atom. The number of carbonyl (C=O) groups excluding carboxylic acids is 1. The van der Waals surface area contributed by atoms with Crippen LogP contribution in [0.4, 0.5) is 5.95 Å². The van der Waals surface area contributed by atoms with Gasteiger partial charge in [0.05, 0.1) is 5.25 Å². The second-order valence-electron chi connectivity index (χ2n) is 4.70. The van der Waals surface area contributed by atoms with Gasteiger partial charge in [0, 0.05) is 12.6 Å². The monoisotopic (exact) mass is 269 g/mol. The molecule has 0 saturated carbocycles. The van der Waals surface area contributed by atoms with E-state index in [0.29, 0.717) is 5.95 Å². The Balaban J connectivity index is 2.15. The smallest absolute Gasteiger partial charge is 0.233 e. The highest BCUT2D eigenvalue weighted by Gasteiger charge is 2.25. The first-order chi connectivity index (χ1) is 8.59. The molecule has 1 fully saturated rings. The van der Waals surface area contributed by atoms with E-state index in [1.54, 1.807) is 0 Å². The van der Waals surface area contributed by atoms with E-state index in [2.05, 4.69) is 15.5 Å². The summed E-state index contributed by atoms with van der Waals surface area (Å²) in [5.74, 6) is 0.496. The number of nitrogen functional groups attached to an aromatic ring is 1. The maximum atomic E-state index is 11.9. The molecule has 1 atom stereocenters. The summed E-state index contributed by atoms with van der Waals surface area (Å²) in [6, 6.07) is 0.191. The highest BCUT2D eigenvalue weighted by atomic mass is 32.2. The summed E-state index contributed by atoms with van der Waals surface area (Å²) in [4.78, 5) is 11.9. The third-order valence-corrected chi connectivity index (χ3v) is 4.16. The van der Waals surface area contributed by atoms with Gasteiger partial charge >= 0.3 is 0 Å². The van der Waals surface area contributed by atoms with Crippen LogP contribution in [0.1, 0.15) is 39.2 Å². The van der Waals surface area contributed by atoms with Crippen molar-refractivity contribution in [2.24, 2.45) is 0 Å². The quantitative estimate of drug-likeness (QED) is 0.861. The summed E-state index contributed by atoms with van der Waals surface area (Å²) < 4.78 is 1.86. The molecule has 3 N–H and O–H groups in total. The van der Waals surface area contributed by atoms with E-state index < -0.39 is 0 Å². The van der Waals surface area contributed by atoms with Crippen LogP contribution in [0.2, 0.25) is 0 Å². The molecule has 0 aromatic carbocycles. The largest absolute Gasteiger partial charge is 0.368 e. The number of thioether (sulfide) groups is 1. The SMILES string of the molecule is CC(C)n1c(N)nnc1SC1CCCCNC1=O. The maximum absolute atomic E-state index is 11.9. The Kier molecular flexibility index (Phi) is 4.11. The van der Waals surface area contributed by atoms with Crippen molar-refractivity contribution >= 4 is 23.6 Å². The van der Waals surface area contributed by atoms with Gasteiger partial charge in [0.1, 0.15) is 0 Å². The second kappa shape index (κ2) is 5.60. The summed E-state index contributed by atoms with van der Waals surface area (Å²) >= 11 is 1.46. The fraction of sp³-hybridized carbons (Fsp3) is 0.727. The van der Waals surface area contributed by atoms with Crippen LogP contribution in [-0.2, 0) is 4.79 Å². The average Bonchev–Trinajstić information content (AvgIpc) is 2.55. The van der Waals surface area contributed by atoms with Crippen LogP contribution in [0.5, 0.6) is 0 Å². The van der Waals surface area contributed by atoms with Gasteiger partial charge in [0.2, 0.25) is 11.9 Å². The molecular formula is C11H19N5OS. The minimum Gasteiger partial charge on any atom is -0.368 e. The Bertz CT molecular complexity index is 431. The third-order valence-electron chi connectivity index (χ3n) is 2.94. The molecule has 1 amide bonds. The number of aromatic nitrogens is 3. The number of nitrogens with one attached hydrogen (secondary N) is 1. The normalized spacial score (nSPS) is 20.8. The molecule has 2 heterocycles. The molecule has 1 aromatic heterocycles. The van der Waals surface area contributed by atoms with Gasteiger partial charge in [-0.15, -0.1) is 10.2 Å². The topological polar surface area (TPSA) is 85.8 Å². The zero-order valence-electron chi connectivity index (χ0n) is 10.7. The van der Waals surface area contributed by atoms with Gasteiger partial charge in [-0.05, 0) is 26.7 Å². The van der Waals surface area contributed by atoms with Gasteiger partial charge in [-0.2, -0.15) is 0 Å². The minimum atomic E-state index is -0.0893. The lowest BCUT2D eigenvalue weighted by atomic mass is 10.2. The summed E-state index contributed by atoms with van der Waals surface area (Å²) in [6.45, 7) is 4.82. The summed E-state index contributed by atoms with van der Waals surface area (Å²) in [5.41, 5.74) is 5.79. The molecular weight excluding hydrogens is 250 g/mol. The molecule has 7 heteroatoms. The average molecular weight is 269 g/mol. The van der Waals surface area contributed by atoms with Crippen molar-refractivity contribution in [3.63, 3.8) is 0 Å². The highest BCUT2D eigenvalue weighted by molar-refractivity contribution is 8.00. The van der Waals surface area contributed by atoms with Gasteiger partial charge in [-0.25, -0.2) is 0 Å². The molecule has 1 aromatic rings. The number of carbonyl (C=O) groups is 1. The summed E-state index contributed by atoms with van der Waals surface area (Å²) in [5, 5.41) is 11.5. The molecule has 1 unspecified atom stereocenters. The molecule has 0 aliphatic carbocycles. The van der Waals surface area contributed by atoms with E-state index in [-0.39, 0.29) is 17.2 Å². The molecule has 1 saturated heterocycles. The lowest BCUT2D eigenvalue weighted by Gasteiger charge is -2.15. The first kappa shape index (κ1) is 13.2. The standard InChI is InChI=1S/C11H19N5OS/c1-7(2)16-10(12)14-15-11(16)18-8-5-3-4-6-13-9(8)17/h7-8H,3-6H2,1-2H3,(H2,12,14)(H,13,17). The number of anilines is 1. The van der Waals surface area contributed by atoms with Crippen LogP contribution >= 0.6 is 11.8 Å². The Morgan fingerprint density at radius 2 is 2.22 bits per heavy atom. The van der Waals surface area contributed by atoms with Gasteiger partial charge in [0.15, 0.2) is 5.16 Å². The van der Waals surface area contributed by atoms with Gasteiger partial charge in [0.25, 0.3) is 0 Å². The maximum Gasteiger partial charge on any atom is 0.233 e. The molecule has 18 heavy (non-hydrogen) atoms. The molecule has 0 bridgehead atoms. The molecule has 0 spiro atoms. The van der Waals surface area contributed by atoms with Gasteiger partial charge in [-0.1, -0.05) is 18.2 Å². The Morgan fingerprint density at radius 3 is 2.94 bits per heavy atom. The van der Waals surface area contributed by atoms with E-state index >= 15 is 0 Å². The zero-order chi connectivity index (χ0) is 13.1. The van der Waals surface area contributed by atoms with Gasteiger partial charge < -0.3 is 11.1 Å². The van der Waals surface area contributed by atoms with Crippen molar-refractivity contribution in [1.29, 1.82) is 0 Å². The molecule has 1 aliphatic heterocycles. The zero-order valence-corrected chi connectivity index (χ0v) is 11.5. The number of nitrogens with zero attached hydrogens (tertiary/aromatic N) is 3. The lowest BCUT2D eigenvalue weighted by Crippen LogP contribution is -2.30.